The Labute approximate surface area is 151 Å². The van der Waals surface area contributed by atoms with Crippen molar-refractivity contribution in [3.8, 4) is 0 Å². The van der Waals surface area contributed by atoms with E-state index in [9.17, 15) is 4.39 Å². The molecule has 0 amide bonds. The molecule has 3 heterocycles. The van der Waals surface area contributed by atoms with Crippen molar-refractivity contribution in [1.82, 2.24) is 15.2 Å². The number of aromatic nitrogens is 3. The average molecular weight is 355 g/mol. The third-order valence-electron chi connectivity index (χ3n) is 4.59. The van der Waals surface area contributed by atoms with Crippen LogP contribution in [0.3, 0.4) is 0 Å². The van der Waals surface area contributed by atoms with Crippen LogP contribution in [0.4, 0.5) is 16.2 Å². The lowest BCUT2D eigenvalue weighted by molar-refractivity contribution is 0.420. The van der Waals surface area contributed by atoms with Crippen LogP contribution in [0.15, 0.2) is 34.7 Å². The van der Waals surface area contributed by atoms with Gasteiger partial charge in [0.15, 0.2) is 11.4 Å². The second kappa shape index (κ2) is 6.23. The molecule has 1 aromatic carbocycles. The highest BCUT2D eigenvalue weighted by Gasteiger charge is 2.28. The number of halogens is 1. The predicted octanol–water partition coefficient (Wildman–Crippen LogP) is 3.60. The van der Waals surface area contributed by atoms with Crippen LogP contribution in [0.1, 0.15) is 26.5 Å². The molecule has 0 spiro atoms. The number of rotatable bonds is 4. The fourth-order valence-electron chi connectivity index (χ4n) is 2.99. The molecule has 1 aliphatic rings. The summed E-state index contributed by atoms with van der Waals surface area (Å²) in [5.41, 5.74) is 2.11. The summed E-state index contributed by atoms with van der Waals surface area (Å²) >= 11 is 0. The highest BCUT2D eigenvalue weighted by atomic mass is 19.1. The third kappa shape index (κ3) is 3.34. The summed E-state index contributed by atoms with van der Waals surface area (Å²) in [7, 11) is 0. The molecule has 1 aliphatic heterocycles. The van der Waals surface area contributed by atoms with Crippen LogP contribution in [0.5, 0.6) is 0 Å². The van der Waals surface area contributed by atoms with Crippen molar-refractivity contribution < 1.29 is 8.81 Å². The highest BCUT2D eigenvalue weighted by molar-refractivity contribution is 5.74. The van der Waals surface area contributed by atoms with Crippen molar-refractivity contribution in [3.63, 3.8) is 0 Å². The van der Waals surface area contributed by atoms with Crippen LogP contribution < -0.4 is 10.2 Å². The number of oxazole rings is 1. The van der Waals surface area contributed by atoms with E-state index in [-0.39, 0.29) is 11.2 Å². The molecule has 136 valence electrons. The number of nitrogens with one attached hydrogen (secondary N) is 1. The molecule has 1 fully saturated rings. The molecule has 3 aromatic rings. The van der Waals surface area contributed by atoms with Crippen LogP contribution in [-0.4, -0.2) is 34.8 Å². The summed E-state index contributed by atoms with van der Waals surface area (Å²) in [6, 6.07) is 8.84. The molecular weight excluding hydrogens is 333 g/mol. The summed E-state index contributed by atoms with van der Waals surface area (Å²) in [4.78, 5) is 6.46. The lowest BCUT2D eigenvalue weighted by Gasteiger charge is -2.39. The standard InChI is InChI=1S/C19H22FN5O/c1-19(2,3)16-6-7-17(24-23-16)25-10-12(11-25)9-21-18-22-14-8-13(20)4-5-15(14)26-18/h4-8,12H,9-11H2,1-3H3,(H,21,22). The summed E-state index contributed by atoms with van der Waals surface area (Å²) in [6.45, 7) is 8.95. The Balaban J connectivity index is 1.30. The van der Waals surface area contributed by atoms with Gasteiger partial charge in [-0.25, -0.2) is 4.39 Å². The maximum absolute atomic E-state index is 13.2. The minimum atomic E-state index is -0.314. The fourth-order valence-corrected chi connectivity index (χ4v) is 2.99. The van der Waals surface area contributed by atoms with Gasteiger partial charge >= 0.3 is 0 Å². The quantitative estimate of drug-likeness (QED) is 0.771. The molecule has 1 saturated heterocycles. The largest absolute Gasteiger partial charge is 0.424 e. The Kier molecular flexibility index (Phi) is 4.01. The Hall–Kier alpha value is -2.70. The SMILES string of the molecule is CC(C)(C)c1ccc(N2CC(CNc3nc4cc(F)ccc4o3)C2)nn1. The van der Waals surface area contributed by atoms with Crippen LogP contribution in [0, 0.1) is 11.7 Å². The van der Waals surface area contributed by atoms with Crippen molar-refractivity contribution in [2.24, 2.45) is 5.92 Å². The second-order valence-corrected chi connectivity index (χ2v) is 7.81. The van der Waals surface area contributed by atoms with E-state index in [0.717, 1.165) is 31.1 Å². The van der Waals surface area contributed by atoms with E-state index in [1.54, 1.807) is 6.07 Å². The molecule has 0 atom stereocenters. The third-order valence-corrected chi connectivity index (χ3v) is 4.59. The maximum atomic E-state index is 13.2. The monoisotopic (exact) mass is 355 g/mol. The van der Waals surface area contributed by atoms with E-state index in [0.29, 0.717) is 23.0 Å². The molecule has 4 rings (SSSR count). The summed E-state index contributed by atoms with van der Waals surface area (Å²) in [5, 5.41) is 11.9. The molecule has 2 aromatic heterocycles. The summed E-state index contributed by atoms with van der Waals surface area (Å²) in [6.07, 6.45) is 0. The van der Waals surface area contributed by atoms with Gasteiger partial charge in [0.1, 0.15) is 11.3 Å². The van der Waals surface area contributed by atoms with Crippen molar-refractivity contribution in [3.05, 3.63) is 41.8 Å². The molecule has 0 radical (unpaired) electrons. The molecule has 1 N–H and O–H groups in total. The maximum Gasteiger partial charge on any atom is 0.295 e. The molecular formula is C19H22FN5O. The van der Waals surface area contributed by atoms with Crippen molar-refractivity contribution in [1.29, 1.82) is 0 Å². The van der Waals surface area contributed by atoms with E-state index in [1.165, 1.54) is 12.1 Å². The Bertz CT molecular complexity index is 910. The van der Waals surface area contributed by atoms with E-state index in [1.807, 2.05) is 12.1 Å². The Morgan fingerprint density at radius 3 is 2.69 bits per heavy atom. The second-order valence-electron chi connectivity index (χ2n) is 7.81. The topological polar surface area (TPSA) is 67.1 Å². The van der Waals surface area contributed by atoms with E-state index in [4.69, 9.17) is 4.42 Å². The first-order chi connectivity index (χ1) is 12.4. The van der Waals surface area contributed by atoms with Gasteiger partial charge in [-0.3, -0.25) is 0 Å². The molecule has 0 aliphatic carbocycles. The van der Waals surface area contributed by atoms with E-state index < -0.39 is 0 Å². The number of fused-ring (bicyclic) bond motifs is 1. The summed E-state index contributed by atoms with van der Waals surface area (Å²) in [5.74, 6) is 1.07. The van der Waals surface area contributed by atoms with E-state index in [2.05, 4.69) is 46.2 Å². The number of nitrogens with zero attached hydrogens (tertiary/aromatic N) is 4. The lowest BCUT2D eigenvalue weighted by atomic mass is 9.92. The number of anilines is 2. The molecule has 7 heteroatoms. The molecule has 26 heavy (non-hydrogen) atoms. The van der Waals surface area contributed by atoms with Crippen LogP contribution in [-0.2, 0) is 5.41 Å². The van der Waals surface area contributed by atoms with Gasteiger partial charge in [0, 0.05) is 37.0 Å². The number of hydrogen-bond donors (Lipinski definition) is 1. The Morgan fingerprint density at radius 1 is 1.19 bits per heavy atom. The normalized spacial score (nSPS) is 15.3. The first-order valence-electron chi connectivity index (χ1n) is 8.77. The summed E-state index contributed by atoms with van der Waals surface area (Å²) < 4.78 is 18.8. The smallest absolute Gasteiger partial charge is 0.295 e. The van der Waals surface area contributed by atoms with Crippen molar-refractivity contribution >= 4 is 22.9 Å². The zero-order valence-electron chi connectivity index (χ0n) is 15.2. The first kappa shape index (κ1) is 16.8. The fraction of sp³-hybridized carbons (Fsp3) is 0.421. The predicted molar refractivity (Wildman–Crippen MR) is 98.9 cm³/mol. The minimum absolute atomic E-state index is 0.00936. The zero-order chi connectivity index (χ0) is 18.3. The van der Waals surface area contributed by atoms with E-state index >= 15 is 0 Å². The number of hydrogen-bond acceptors (Lipinski definition) is 6. The van der Waals surface area contributed by atoms with Crippen LogP contribution >= 0.6 is 0 Å². The molecule has 0 saturated carbocycles. The lowest BCUT2D eigenvalue weighted by Crippen LogP contribution is -2.50. The van der Waals surface area contributed by atoms with Gasteiger partial charge in [0.05, 0.1) is 5.69 Å². The van der Waals surface area contributed by atoms with Gasteiger partial charge in [0.25, 0.3) is 6.01 Å². The van der Waals surface area contributed by atoms with Crippen molar-refractivity contribution in [2.75, 3.05) is 29.9 Å². The Morgan fingerprint density at radius 2 is 2.00 bits per heavy atom. The van der Waals surface area contributed by atoms with Crippen LogP contribution in [0.25, 0.3) is 11.1 Å². The molecule has 0 unspecified atom stereocenters. The first-order valence-corrected chi connectivity index (χ1v) is 8.77. The van der Waals surface area contributed by atoms with Crippen LogP contribution in [0.2, 0.25) is 0 Å². The van der Waals surface area contributed by atoms with Gasteiger partial charge in [-0.15, -0.1) is 5.10 Å². The highest BCUT2D eigenvalue weighted by Crippen LogP contribution is 2.26. The minimum Gasteiger partial charge on any atom is -0.424 e. The zero-order valence-corrected chi connectivity index (χ0v) is 15.2. The van der Waals surface area contributed by atoms with Gasteiger partial charge < -0.3 is 14.6 Å². The number of benzene rings is 1. The average Bonchev–Trinajstić information content (AvgIpc) is 2.95. The van der Waals surface area contributed by atoms with Gasteiger partial charge in [-0.2, -0.15) is 10.1 Å². The van der Waals surface area contributed by atoms with Crippen molar-refractivity contribution in [2.45, 2.75) is 26.2 Å². The van der Waals surface area contributed by atoms with Gasteiger partial charge in [0.2, 0.25) is 0 Å². The molecule has 6 nitrogen and oxygen atoms in total. The van der Waals surface area contributed by atoms with Gasteiger partial charge in [-0.05, 0) is 24.3 Å². The molecule has 0 bridgehead atoms. The van der Waals surface area contributed by atoms with Gasteiger partial charge in [-0.1, -0.05) is 20.8 Å².